The van der Waals surface area contributed by atoms with Crippen molar-refractivity contribution in [1.82, 2.24) is 4.72 Å². The van der Waals surface area contributed by atoms with Gasteiger partial charge in [-0.25, -0.2) is 13.1 Å². The molecule has 1 heterocycles. The van der Waals surface area contributed by atoms with Gasteiger partial charge in [0.1, 0.15) is 4.21 Å². The highest BCUT2D eigenvalue weighted by Crippen LogP contribution is 2.30. The van der Waals surface area contributed by atoms with Crippen LogP contribution >= 0.6 is 23.1 Å². The molecule has 0 bridgehead atoms. The van der Waals surface area contributed by atoms with E-state index in [-0.39, 0.29) is 15.6 Å². The molecule has 0 aromatic carbocycles. The van der Waals surface area contributed by atoms with E-state index in [1.807, 2.05) is 6.26 Å². The Morgan fingerprint density at radius 3 is 2.47 bits per heavy atom. The molecule has 0 aliphatic carbocycles. The minimum absolute atomic E-state index is 0.0515. The van der Waals surface area contributed by atoms with Crippen LogP contribution < -0.4 is 4.72 Å². The van der Waals surface area contributed by atoms with Crippen molar-refractivity contribution in [2.75, 3.05) is 12.8 Å². The molecule has 2 N–H and O–H groups in total. The van der Waals surface area contributed by atoms with Crippen LogP contribution in [0.1, 0.15) is 32.3 Å². The van der Waals surface area contributed by atoms with E-state index in [1.165, 1.54) is 6.07 Å². The molecule has 110 valence electrons. The van der Waals surface area contributed by atoms with Crippen LogP contribution in [0.3, 0.4) is 0 Å². The molecule has 7 heteroatoms. The molecule has 4 nitrogen and oxygen atoms in total. The fraction of sp³-hybridized carbons (Fsp3) is 0.667. The first kappa shape index (κ1) is 17.0. The molecule has 0 aliphatic rings. The summed E-state index contributed by atoms with van der Waals surface area (Å²) in [5.41, 5.74) is 0.632. The van der Waals surface area contributed by atoms with Gasteiger partial charge in [-0.1, -0.05) is 13.8 Å². The van der Waals surface area contributed by atoms with Crippen LogP contribution in [0, 0.1) is 0 Å². The normalized spacial score (nSPS) is 12.8. The molecule has 1 aromatic rings. The second kappa shape index (κ2) is 7.08. The topological polar surface area (TPSA) is 66.4 Å². The van der Waals surface area contributed by atoms with Crippen molar-refractivity contribution in [3.05, 3.63) is 17.0 Å². The Balaban J connectivity index is 2.80. The Morgan fingerprint density at radius 1 is 1.42 bits per heavy atom. The van der Waals surface area contributed by atoms with Gasteiger partial charge in [0.15, 0.2) is 0 Å². The average molecular weight is 324 g/mol. The quantitative estimate of drug-likeness (QED) is 0.771. The lowest BCUT2D eigenvalue weighted by Gasteiger charge is -2.29. The van der Waals surface area contributed by atoms with Crippen molar-refractivity contribution in [3.63, 3.8) is 0 Å². The van der Waals surface area contributed by atoms with E-state index in [2.05, 4.69) is 18.6 Å². The van der Waals surface area contributed by atoms with Crippen LogP contribution in [0.5, 0.6) is 0 Å². The Labute approximate surface area is 123 Å². The number of aliphatic hydroxyl groups is 1. The molecule has 0 aliphatic heterocycles. The molecule has 1 rings (SSSR count). The van der Waals surface area contributed by atoms with Gasteiger partial charge in [0, 0.05) is 11.3 Å². The first-order valence-corrected chi connectivity index (χ1v) is 9.75. The second-order valence-electron chi connectivity index (χ2n) is 4.35. The fourth-order valence-corrected chi connectivity index (χ4v) is 4.99. The average Bonchev–Trinajstić information content (AvgIpc) is 2.90. The third-order valence-corrected chi connectivity index (χ3v) is 7.86. The molecule has 0 unspecified atom stereocenters. The minimum Gasteiger partial charge on any atom is -0.392 e. The summed E-state index contributed by atoms with van der Waals surface area (Å²) in [6.07, 6.45) is 3.84. The van der Waals surface area contributed by atoms with E-state index in [0.29, 0.717) is 12.1 Å². The highest BCUT2D eigenvalue weighted by Gasteiger charge is 2.28. The molecule has 1 aromatic heterocycles. The molecule has 0 atom stereocenters. The lowest BCUT2D eigenvalue weighted by Crippen LogP contribution is -2.39. The zero-order valence-corrected chi connectivity index (χ0v) is 13.9. The largest absolute Gasteiger partial charge is 0.392 e. The molecule has 0 fully saturated rings. The lowest BCUT2D eigenvalue weighted by molar-refractivity contribution is 0.282. The smallest absolute Gasteiger partial charge is 0.250 e. The molecule has 19 heavy (non-hydrogen) atoms. The third-order valence-electron chi connectivity index (χ3n) is 3.38. The Morgan fingerprint density at radius 2 is 2.05 bits per heavy atom. The van der Waals surface area contributed by atoms with Gasteiger partial charge < -0.3 is 5.11 Å². The summed E-state index contributed by atoms with van der Waals surface area (Å²) >= 11 is 2.84. The number of nitrogens with one attached hydrogen (secondary N) is 1. The Bertz CT molecular complexity index is 484. The molecule has 0 radical (unpaired) electrons. The lowest BCUT2D eigenvalue weighted by atomic mass is 10.0. The number of rotatable bonds is 8. The highest BCUT2D eigenvalue weighted by atomic mass is 32.2. The maximum Gasteiger partial charge on any atom is 0.250 e. The number of sulfonamides is 1. The molecular formula is C12H21NO3S3. The zero-order chi connectivity index (χ0) is 14.5. The van der Waals surface area contributed by atoms with E-state index >= 15 is 0 Å². The van der Waals surface area contributed by atoms with Gasteiger partial charge in [-0.05, 0) is 36.1 Å². The summed E-state index contributed by atoms with van der Waals surface area (Å²) in [5, 5.41) is 10.6. The standard InChI is InChI=1S/C12H21NO3S3/c1-4-12(5-2,17-3)9-13-19(15,16)11-6-10(7-14)8-18-11/h6,8,13-14H,4-5,7,9H2,1-3H3. The number of hydrogen-bond acceptors (Lipinski definition) is 5. The van der Waals surface area contributed by atoms with Gasteiger partial charge in [0.2, 0.25) is 10.0 Å². The van der Waals surface area contributed by atoms with Gasteiger partial charge in [0.25, 0.3) is 0 Å². The molecule has 0 saturated carbocycles. The van der Waals surface area contributed by atoms with Gasteiger partial charge in [-0.15, -0.1) is 11.3 Å². The van der Waals surface area contributed by atoms with Crippen molar-refractivity contribution in [2.45, 2.75) is 42.3 Å². The van der Waals surface area contributed by atoms with Crippen LogP contribution in [0.4, 0.5) is 0 Å². The number of thiophene rings is 1. The predicted molar refractivity (Wildman–Crippen MR) is 82.3 cm³/mol. The molecular weight excluding hydrogens is 302 g/mol. The highest BCUT2D eigenvalue weighted by molar-refractivity contribution is 8.00. The van der Waals surface area contributed by atoms with Crippen molar-refractivity contribution < 1.29 is 13.5 Å². The van der Waals surface area contributed by atoms with Crippen molar-refractivity contribution in [3.8, 4) is 0 Å². The van der Waals surface area contributed by atoms with Gasteiger partial charge in [0.05, 0.1) is 6.61 Å². The summed E-state index contributed by atoms with van der Waals surface area (Å²) in [7, 11) is -3.47. The van der Waals surface area contributed by atoms with Crippen LogP contribution in [0.15, 0.2) is 15.7 Å². The minimum atomic E-state index is -3.47. The van der Waals surface area contributed by atoms with Gasteiger partial charge >= 0.3 is 0 Å². The zero-order valence-electron chi connectivity index (χ0n) is 11.5. The van der Waals surface area contributed by atoms with Crippen LogP contribution in [-0.2, 0) is 16.6 Å². The first-order chi connectivity index (χ1) is 8.93. The van der Waals surface area contributed by atoms with Crippen LogP contribution in [-0.4, -0.2) is 31.1 Å². The van der Waals surface area contributed by atoms with E-state index in [4.69, 9.17) is 5.11 Å². The van der Waals surface area contributed by atoms with E-state index in [1.54, 1.807) is 17.1 Å². The number of aliphatic hydroxyl groups excluding tert-OH is 1. The Kier molecular flexibility index (Phi) is 6.32. The fourth-order valence-electron chi connectivity index (χ4n) is 1.74. The monoisotopic (exact) mass is 323 g/mol. The van der Waals surface area contributed by atoms with E-state index in [9.17, 15) is 8.42 Å². The van der Waals surface area contributed by atoms with Crippen molar-refractivity contribution >= 4 is 33.1 Å². The Hall–Kier alpha value is -0.0800. The maximum atomic E-state index is 12.2. The summed E-state index contributed by atoms with van der Waals surface area (Å²) in [4.78, 5) is 0. The van der Waals surface area contributed by atoms with Crippen molar-refractivity contribution in [1.29, 1.82) is 0 Å². The first-order valence-electron chi connectivity index (χ1n) is 6.16. The summed E-state index contributed by atoms with van der Waals surface area (Å²) in [6.45, 7) is 4.44. The van der Waals surface area contributed by atoms with Gasteiger partial charge in [-0.2, -0.15) is 11.8 Å². The SMILES string of the molecule is CCC(CC)(CNS(=O)(=O)c1cc(CO)cs1)SC. The molecule has 0 amide bonds. The van der Waals surface area contributed by atoms with E-state index in [0.717, 1.165) is 24.2 Å². The third kappa shape index (κ3) is 4.19. The number of thioether (sulfide) groups is 1. The van der Waals surface area contributed by atoms with Crippen molar-refractivity contribution in [2.24, 2.45) is 0 Å². The summed E-state index contributed by atoms with van der Waals surface area (Å²) < 4.78 is 27.2. The van der Waals surface area contributed by atoms with Crippen LogP contribution in [0.25, 0.3) is 0 Å². The predicted octanol–water partition coefficient (Wildman–Crippen LogP) is 2.44. The summed E-state index contributed by atoms with van der Waals surface area (Å²) in [5.74, 6) is 0. The van der Waals surface area contributed by atoms with Gasteiger partial charge in [-0.3, -0.25) is 0 Å². The van der Waals surface area contributed by atoms with Crippen LogP contribution in [0.2, 0.25) is 0 Å². The number of hydrogen-bond donors (Lipinski definition) is 2. The summed E-state index contributed by atoms with van der Waals surface area (Å²) in [6, 6.07) is 1.52. The molecule has 0 saturated heterocycles. The second-order valence-corrected chi connectivity index (χ2v) is 8.53. The van der Waals surface area contributed by atoms with E-state index < -0.39 is 10.0 Å². The maximum absolute atomic E-state index is 12.2. The molecule has 0 spiro atoms.